The number of benzene rings is 1. The smallest absolute Gasteiger partial charge is 0.335 e. The molecule has 0 amide bonds. The Hall–Kier alpha value is -2.42. The highest BCUT2D eigenvalue weighted by molar-refractivity contribution is 7.92. The number of nitrogens with one attached hydrogen (secondary N) is 1. The predicted octanol–water partition coefficient (Wildman–Crippen LogP) is 1.37. The van der Waals surface area contributed by atoms with E-state index in [2.05, 4.69) is 9.82 Å². The maximum absolute atomic E-state index is 13.7. The van der Waals surface area contributed by atoms with Gasteiger partial charge in [-0.15, -0.1) is 0 Å². The van der Waals surface area contributed by atoms with Crippen LogP contribution in [-0.2, 0) is 17.1 Å². The molecule has 0 saturated heterocycles. The van der Waals surface area contributed by atoms with E-state index in [-0.39, 0.29) is 11.4 Å². The normalized spacial score (nSPS) is 11.4. The molecule has 0 spiro atoms. The second-order valence-corrected chi connectivity index (χ2v) is 6.02. The predicted molar refractivity (Wildman–Crippen MR) is 72.1 cm³/mol. The van der Waals surface area contributed by atoms with Crippen LogP contribution in [0.2, 0.25) is 0 Å². The van der Waals surface area contributed by atoms with Crippen molar-refractivity contribution in [1.29, 1.82) is 0 Å². The van der Waals surface area contributed by atoms with Crippen LogP contribution in [0.15, 0.2) is 29.3 Å². The molecule has 7 nitrogen and oxygen atoms in total. The lowest BCUT2D eigenvalue weighted by Crippen LogP contribution is -2.16. The second kappa shape index (κ2) is 5.17. The zero-order chi connectivity index (χ0) is 15.8. The number of hydrogen-bond acceptors (Lipinski definition) is 4. The van der Waals surface area contributed by atoms with Gasteiger partial charge in [0.15, 0.2) is 5.82 Å². The van der Waals surface area contributed by atoms with Gasteiger partial charge in [-0.25, -0.2) is 17.6 Å². The minimum absolute atomic E-state index is 0.0537. The first-order valence-electron chi connectivity index (χ1n) is 5.76. The summed E-state index contributed by atoms with van der Waals surface area (Å²) in [6.45, 7) is 1.26. The van der Waals surface area contributed by atoms with Crippen LogP contribution in [0.4, 0.5) is 10.2 Å². The maximum Gasteiger partial charge on any atom is 0.335 e. The first-order chi connectivity index (χ1) is 9.70. The van der Waals surface area contributed by atoms with E-state index in [9.17, 15) is 17.6 Å². The quantitative estimate of drug-likeness (QED) is 0.887. The molecule has 0 saturated carbocycles. The standard InChI is InChI=1S/C12H12FN3O4S/c1-7-9(13)5-8(12(17)18)6-10(7)21(19,20)15-11-3-4-16(2)14-11/h3-6H,1-2H3,(H,14,15)(H,17,18). The Labute approximate surface area is 120 Å². The van der Waals surface area contributed by atoms with Crippen molar-refractivity contribution in [3.8, 4) is 0 Å². The molecule has 1 aromatic heterocycles. The first kappa shape index (κ1) is 15.0. The number of rotatable bonds is 4. The fourth-order valence-corrected chi connectivity index (χ4v) is 3.00. The number of nitrogens with zero attached hydrogens (tertiary/aromatic N) is 2. The van der Waals surface area contributed by atoms with E-state index in [1.54, 1.807) is 7.05 Å². The Morgan fingerprint density at radius 3 is 2.62 bits per heavy atom. The highest BCUT2D eigenvalue weighted by Crippen LogP contribution is 2.22. The average molecular weight is 313 g/mol. The Kier molecular flexibility index (Phi) is 3.69. The molecule has 21 heavy (non-hydrogen) atoms. The van der Waals surface area contributed by atoms with Gasteiger partial charge in [-0.1, -0.05) is 0 Å². The lowest BCUT2D eigenvalue weighted by atomic mass is 10.1. The molecular weight excluding hydrogens is 301 g/mol. The summed E-state index contributed by atoms with van der Waals surface area (Å²) >= 11 is 0. The lowest BCUT2D eigenvalue weighted by molar-refractivity contribution is 0.0696. The number of anilines is 1. The van der Waals surface area contributed by atoms with Gasteiger partial charge in [-0.2, -0.15) is 5.10 Å². The highest BCUT2D eigenvalue weighted by atomic mass is 32.2. The molecule has 112 valence electrons. The molecule has 2 aromatic rings. The number of carboxylic acid groups (broad SMARTS) is 1. The molecular formula is C12H12FN3O4S. The molecule has 0 fully saturated rings. The summed E-state index contributed by atoms with van der Waals surface area (Å²) in [7, 11) is -2.53. The molecule has 0 aliphatic heterocycles. The van der Waals surface area contributed by atoms with Gasteiger partial charge in [0.1, 0.15) is 5.82 Å². The number of hydrogen-bond donors (Lipinski definition) is 2. The summed E-state index contributed by atoms with van der Waals surface area (Å²) in [5, 5.41) is 12.7. The summed E-state index contributed by atoms with van der Waals surface area (Å²) in [6, 6.07) is 3.10. The van der Waals surface area contributed by atoms with E-state index >= 15 is 0 Å². The summed E-state index contributed by atoms with van der Waals surface area (Å²) < 4.78 is 41.7. The van der Waals surface area contributed by atoms with E-state index < -0.39 is 32.3 Å². The Bertz CT molecular complexity index is 814. The third-order valence-electron chi connectivity index (χ3n) is 2.79. The molecule has 1 heterocycles. The molecule has 2 rings (SSSR count). The van der Waals surface area contributed by atoms with Crippen molar-refractivity contribution in [3.05, 3.63) is 41.3 Å². The monoisotopic (exact) mass is 313 g/mol. The van der Waals surface area contributed by atoms with Gasteiger partial charge in [-0.3, -0.25) is 9.40 Å². The third-order valence-corrected chi connectivity index (χ3v) is 4.27. The Morgan fingerprint density at radius 1 is 1.43 bits per heavy atom. The van der Waals surface area contributed by atoms with Crippen LogP contribution in [0, 0.1) is 12.7 Å². The van der Waals surface area contributed by atoms with Crippen molar-refractivity contribution in [2.45, 2.75) is 11.8 Å². The molecule has 2 N–H and O–H groups in total. The lowest BCUT2D eigenvalue weighted by Gasteiger charge is -2.10. The van der Waals surface area contributed by atoms with Gasteiger partial charge in [0, 0.05) is 24.9 Å². The van der Waals surface area contributed by atoms with E-state index in [0.717, 1.165) is 12.1 Å². The Morgan fingerprint density at radius 2 is 2.10 bits per heavy atom. The van der Waals surface area contributed by atoms with Crippen molar-refractivity contribution < 1.29 is 22.7 Å². The molecule has 0 unspecified atom stereocenters. The number of carbonyl (C=O) groups is 1. The summed E-state index contributed by atoms with van der Waals surface area (Å²) in [5.74, 6) is -2.27. The van der Waals surface area contributed by atoms with Gasteiger partial charge in [0.25, 0.3) is 10.0 Å². The SMILES string of the molecule is Cc1c(F)cc(C(=O)O)cc1S(=O)(=O)Nc1ccn(C)n1. The maximum atomic E-state index is 13.7. The minimum atomic E-state index is -4.14. The second-order valence-electron chi connectivity index (χ2n) is 4.37. The van der Waals surface area contributed by atoms with E-state index in [1.807, 2.05) is 0 Å². The van der Waals surface area contributed by atoms with Crippen molar-refractivity contribution >= 4 is 21.8 Å². The van der Waals surface area contributed by atoms with E-state index in [1.165, 1.54) is 23.9 Å². The van der Waals surface area contributed by atoms with Crippen LogP contribution in [0.25, 0.3) is 0 Å². The number of halogens is 1. The van der Waals surface area contributed by atoms with Crippen molar-refractivity contribution in [3.63, 3.8) is 0 Å². The fraction of sp³-hybridized carbons (Fsp3) is 0.167. The summed E-state index contributed by atoms with van der Waals surface area (Å²) in [6.07, 6.45) is 1.53. The van der Waals surface area contributed by atoms with Gasteiger partial charge >= 0.3 is 5.97 Å². The van der Waals surface area contributed by atoms with Crippen LogP contribution in [-0.4, -0.2) is 29.3 Å². The highest BCUT2D eigenvalue weighted by Gasteiger charge is 2.22. The third kappa shape index (κ3) is 3.02. The largest absolute Gasteiger partial charge is 0.478 e. The van der Waals surface area contributed by atoms with Crippen LogP contribution in [0.5, 0.6) is 0 Å². The number of carboxylic acids is 1. The molecule has 0 aliphatic rings. The molecule has 0 aliphatic carbocycles. The van der Waals surface area contributed by atoms with Gasteiger partial charge in [0.2, 0.25) is 0 Å². The zero-order valence-corrected chi connectivity index (χ0v) is 12.0. The van der Waals surface area contributed by atoms with Gasteiger partial charge < -0.3 is 5.11 Å². The van der Waals surface area contributed by atoms with Gasteiger partial charge in [-0.05, 0) is 19.1 Å². The van der Waals surface area contributed by atoms with Crippen LogP contribution >= 0.6 is 0 Å². The molecule has 0 radical (unpaired) electrons. The van der Waals surface area contributed by atoms with Crippen LogP contribution < -0.4 is 4.72 Å². The van der Waals surface area contributed by atoms with Crippen LogP contribution in [0.3, 0.4) is 0 Å². The number of aromatic nitrogens is 2. The molecule has 9 heteroatoms. The molecule has 0 atom stereocenters. The first-order valence-corrected chi connectivity index (χ1v) is 7.25. The minimum Gasteiger partial charge on any atom is -0.478 e. The average Bonchev–Trinajstić information content (AvgIpc) is 2.76. The zero-order valence-electron chi connectivity index (χ0n) is 11.2. The van der Waals surface area contributed by atoms with E-state index in [4.69, 9.17) is 5.11 Å². The number of aromatic carboxylic acids is 1. The van der Waals surface area contributed by atoms with Crippen molar-refractivity contribution in [1.82, 2.24) is 9.78 Å². The van der Waals surface area contributed by atoms with Crippen molar-refractivity contribution in [2.24, 2.45) is 7.05 Å². The van der Waals surface area contributed by atoms with Crippen LogP contribution in [0.1, 0.15) is 15.9 Å². The van der Waals surface area contributed by atoms with E-state index in [0.29, 0.717) is 0 Å². The van der Waals surface area contributed by atoms with Crippen molar-refractivity contribution in [2.75, 3.05) is 4.72 Å². The van der Waals surface area contributed by atoms with Gasteiger partial charge in [0.05, 0.1) is 10.5 Å². The fourth-order valence-electron chi connectivity index (χ4n) is 1.72. The summed E-state index contributed by atoms with van der Waals surface area (Å²) in [4.78, 5) is 10.5. The molecule has 1 aromatic carbocycles. The number of sulfonamides is 1. The summed E-state index contributed by atoms with van der Waals surface area (Å²) in [5.41, 5.74) is -0.608. The number of aryl methyl sites for hydroxylation is 1. The topological polar surface area (TPSA) is 101 Å². The Balaban J connectivity index is 2.51. The molecule has 0 bridgehead atoms.